The first-order valence-corrected chi connectivity index (χ1v) is 12.4. The number of carbonyl (C=O) groups is 3. The van der Waals surface area contributed by atoms with Crippen LogP contribution in [0.1, 0.15) is 54.9 Å². The van der Waals surface area contributed by atoms with Crippen LogP contribution in [0.25, 0.3) is 10.4 Å². The Hall–Kier alpha value is -2.94. The second-order valence-corrected chi connectivity index (χ2v) is 9.99. The summed E-state index contributed by atoms with van der Waals surface area (Å²) in [6.45, 7) is 5.97. The van der Waals surface area contributed by atoms with Crippen molar-refractivity contribution in [3.05, 3.63) is 45.8 Å². The lowest BCUT2D eigenvalue weighted by molar-refractivity contribution is -0.139. The number of hydrogen-bond acceptors (Lipinski definition) is 6. The van der Waals surface area contributed by atoms with Gasteiger partial charge in [0.25, 0.3) is 5.91 Å². The van der Waals surface area contributed by atoms with Crippen LogP contribution in [-0.2, 0) is 14.3 Å². The first-order chi connectivity index (χ1) is 16.8. The van der Waals surface area contributed by atoms with Gasteiger partial charge in [0.05, 0.1) is 12.1 Å². The Morgan fingerprint density at radius 3 is 2.57 bits per heavy atom. The van der Waals surface area contributed by atoms with Gasteiger partial charge in [0.1, 0.15) is 18.7 Å². The number of ketones is 1. The van der Waals surface area contributed by atoms with Gasteiger partial charge in [-0.15, -0.1) is 0 Å². The van der Waals surface area contributed by atoms with Gasteiger partial charge < -0.3 is 19.9 Å². The molecule has 35 heavy (non-hydrogen) atoms. The van der Waals surface area contributed by atoms with Crippen molar-refractivity contribution in [2.75, 3.05) is 33.3 Å². The van der Waals surface area contributed by atoms with Crippen molar-refractivity contribution in [1.82, 2.24) is 15.1 Å². The van der Waals surface area contributed by atoms with E-state index in [1.165, 1.54) is 10.5 Å². The molecule has 0 bridgehead atoms. The van der Waals surface area contributed by atoms with Crippen molar-refractivity contribution in [2.45, 2.75) is 63.3 Å². The van der Waals surface area contributed by atoms with Crippen LogP contribution < -0.4 is 5.32 Å². The molecule has 3 aliphatic heterocycles. The third kappa shape index (κ3) is 5.19. The normalized spacial score (nSPS) is 26.7. The van der Waals surface area contributed by atoms with E-state index in [0.29, 0.717) is 17.9 Å². The quantitative estimate of drug-likeness (QED) is 0.363. The smallest absolute Gasteiger partial charge is 0.251 e. The maximum Gasteiger partial charge on any atom is 0.251 e. The molecule has 1 aromatic carbocycles. The molecule has 1 aromatic rings. The molecule has 0 spiro atoms. The Morgan fingerprint density at radius 2 is 1.94 bits per heavy atom. The number of amides is 2. The number of carbonyl (C=O) groups excluding carboxylic acids is 3. The minimum absolute atomic E-state index is 0.0953. The molecule has 3 saturated heterocycles. The topological polar surface area (TPSA) is 128 Å². The number of benzene rings is 1. The summed E-state index contributed by atoms with van der Waals surface area (Å²) in [5.41, 5.74) is 10.6. The zero-order valence-corrected chi connectivity index (χ0v) is 20.6. The number of piperidine rings is 1. The van der Waals surface area contributed by atoms with Crippen LogP contribution in [-0.4, -0.2) is 84.9 Å². The average Bonchev–Trinajstić information content (AvgIpc) is 3.43. The Bertz CT molecular complexity index is 1000. The van der Waals surface area contributed by atoms with Crippen LogP contribution in [0.4, 0.5) is 0 Å². The minimum Gasteiger partial charge on any atom is -0.367 e. The number of fused-ring (bicyclic) bond motifs is 1. The lowest BCUT2D eigenvalue weighted by Crippen LogP contribution is -2.54. The van der Waals surface area contributed by atoms with E-state index in [1.807, 2.05) is 38.1 Å². The molecule has 0 aromatic heterocycles. The van der Waals surface area contributed by atoms with Crippen LogP contribution in [0.5, 0.6) is 0 Å². The van der Waals surface area contributed by atoms with Crippen LogP contribution >= 0.6 is 0 Å². The Kier molecular flexibility index (Phi) is 7.74. The fourth-order valence-electron chi connectivity index (χ4n) is 5.36. The molecule has 0 aliphatic carbocycles. The van der Waals surface area contributed by atoms with Gasteiger partial charge in [-0.1, -0.05) is 37.5 Å². The molecule has 3 fully saturated rings. The maximum absolute atomic E-state index is 13.6. The van der Waals surface area contributed by atoms with Gasteiger partial charge in [-0.3, -0.25) is 14.4 Å². The molecule has 10 nitrogen and oxygen atoms in total. The van der Waals surface area contributed by atoms with E-state index in [1.54, 1.807) is 0 Å². The molecule has 0 unspecified atom stereocenters. The van der Waals surface area contributed by atoms with Gasteiger partial charge in [0.2, 0.25) is 5.91 Å². The monoisotopic (exact) mass is 482 g/mol. The van der Waals surface area contributed by atoms with Gasteiger partial charge in [-0.2, -0.15) is 0 Å². The minimum atomic E-state index is -0.806. The van der Waals surface area contributed by atoms with E-state index in [2.05, 4.69) is 27.3 Å². The second kappa shape index (κ2) is 10.8. The molecule has 3 heterocycles. The van der Waals surface area contributed by atoms with Crippen LogP contribution in [0.3, 0.4) is 0 Å². The Morgan fingerprint density at radius 1 is 1.26 bits per heavy atom. The van der Waals surface area contributed by atoms with Crippen LogP contribution in [0.15, 0.2) is 29.4 Å². The van der Waals surface area contributed by atoms with Gasteiger partial charge >= 0.3 is 0 Å². The lowest BCUT2D eigenvalue weighted by atomic mass is 9.89. The summed E-state index contributed by atoms with van der Waals surface area (Å²) in [5, 5.41) is 6.65. The maximum atomic E-state index is 13.6. The number of likely N-dealkylation sites (tertiary alicyclic amines) is 2. The first-order valence-electron chi connectivity index (χ1n) is 12.4. The number of Topliss-reactive ketones (excluding diaryl/α,β-unsaturated/α-hetero) is 1. The van der Waals surface area contributed by atoms with Gasteiger partial charge in [0, 0.05) is 17.0 Å². The van der Waals surface area contributed by atoms with Crippen molar-refractivity contribution < 1.29 is 19.1 Å². The molecule has 188 valence electrons. The summed E-state index contributed by atoms with van der Waals surface area (Å²) in [6.07, 6.45) is 2.23. The Labute approximate surface area is 205 Å². The van der Waals surface area contributed by atoms with Gasteiger partial charge in [-0.25, -0.2) is 0 Å². The predicted octanol–water partition coefficient (Wildman–Crippen LogP) is 2.50. The number of azide groups is 1. The van der Waals surface area contributed by atoms with Gasteiger partial charge in [0.15, 0.2) is 5.78 Å². The molecule has 0 radical (unpaired) electrons. The van der Waals surface area contributed by atoms with Crippen molar-refractivity contribution in [2.24, 2.45) is 11.0 Å². The van der Waals surface area contributed by atoms with E-state index in [-0.39, 0.29) is 36.7 Å². The van der Waals surface area contributed by atoms with E-state index in [4.69, 9.17) is 10.3 Å². The summed E-state index contributed by atoms with van der Waals surface area (Å²) in [7, 11) is 2.13. The van der Waals surface area contributed by atoms with Gasteiger partial charge in [-0.05, 0) is 68.0 Å². The van der Waals surface area contributed by atoms with Crippen molar-refractivity contribution in [3.8, 4) is 0 Å². The third-order valence-electron chi connectivity index (χ3n) is 7.77. The molecular weight excluding hydrogens is 448 g/mol. The standard InChI is InChI=1S/C25H34N6O4/c1-4-15(2)21(25(34)31-13-19(28-29-26)23-22(31)20(32)14-35-23)27-24(33)18-7-5-16(6-8-18)17-9-11-30(3)12-10-17/h5-8,15,17,19,21-23H,4,9-14H2,1-3H3,(H,27,33)/t15-,19+,21-,22+,23+/m0/s1. The van der Waals surface area contributed by atoms with Crippen LogP contribution in [0.2, 0.25) is 0 Å². The zero-order valence-electron chi connectivity index (χ0n) is 20.6. The highest BCUT2D eigenvalue weighted by Crippen LogP contribution is 2.31. The zero-order chi connectivity index (χ0) is 25.1. The van der Waals surface area contributed by atoms with Crippen molar-refractivity contribution in [1.29, 1.82) is 0 Å². The highest BCUT2D eigenvalue weighted by atomic mass is 16.5. The summed E-state index contributed by atoms with van der Waals surface area (Å²) in [6, 6.07) is 5.44. The predicted molar refractivity (Wildman–Crippen MR) is 130 cm³/mol. The van der Waals surface area contributed by atoms with Crippen LogP contribution in [0, 0.1) is 5.92 Å². The third-order valence-corrected chi connectivity index (χ3v) is 7.77. The van der Waals surface area contributed by atoms with E-state index in [9.17, 15) is 14.4 Å². The molecule has 0 saturated carbocycles. The molecule has 4 rings (SSSR count). The molecule has 5 atom stereocenters. The number of ether oxygens (including phenoxy) is 1. The molecular formula is C25H34N6O4. The van der Waals surface area contributed by atoms with E-state index in [0.717, 1.165) is 25.9 Å². The summed E-state index contributed by atoms with van der Waals surface area (Å²) < 4.78 is 5.52. The Balaban J connectivity index is 1.48. The number of nitrogens with one attached hydrogen (secondary N) is 1. The molecule has 1 N–H and O–H groups in total. The summed E-state index contributed by atoms with van der Waals surface area (Å²) in [5.74, 6) is -0.539. The summed E-state index contributed by atoms with van der Waals surface area (Å²) in [4.78, 5) is 45.8. The molecule has 3 aliphatic rings. The highest BCUT2D eigenvalue weighted by molar-refractivity contribution is 5.99. The molecule has 10 heteroatoms. The first kappa shape index (κ1) is 25.2. The molecule has 2 amide bonds. The number of rotatable bonds is 7. The van der Waals surface area contributed by atoms with E-state index >= 15 is 0 Å². The average molecular weight is 483 g/mol. The van der Waals surface area contributed by atoms with Crippen molar-refractivity contribution in [3.63, 3.8) is 0 Å². The summed E-state index contributed by atoms with van der Waals surface area (Å²) >= 11 is 0. The second-order valence-electron chi connectivity index (χ2n) is 9.99. The number of nitrogens with zero attached hydrogens (tertiary/aromatic N) is 5. The SMILES string of the molecule is CC[C@H](C)[C@H](NC(=O)c1ccc(C2CCN(C)CC2)cc1)C(=O)N1C[C@@H](N=[N+]=[N-])[C@H]2OCC(=O)[C@H]21. The lowest BCUT2D eigenvalue weighted by Gasteiger charge is -2.30. The fraction of sp³-hybridized carbons (Fsp3) is 0.640. The van der Waals surface area contributed by atoms with E-state index < -0.39 is 24.2 Å². The highest BCUT2D eigenvalue weighted by Gasteiger charge is 2.53. The number of hydrogen-bond donors (Lipinski definition) is 1. The van der Waals surface area contributed by atoms with Crippen molar-refractivity contribution >= 4 is 17.6 Å². The largest absolute Gasteiger partial charge is 0.367 e. The fourth-order valence-corrected chi connectivity index (χ4v) is 5.36.